The first-order valence-corrected chi connectivity index (χ1v) is 34.8. The molecule has 0 radical (unpaired) electrons. The Balaban J connectivity index is 3.08. The molecule has 588 valence electrons. The summed E-state index contributed by atoms with van der Waals surface area (Å²) in [6, 6.07) is -7.27. The number of alkyl carbamates (subject to hydrolysis) is 4. The third kappa shape index (κ3) is 37.3. The Morgan fingerprint density at radius 2 is 0.923 bits per heavy atom. The van der Waals surface area contributed by atoms with Crippen molar-refractivity contribution in [2.45, 2.75) is 264 Å². The van der Waals surface area contributed by atoms with Crippen LogP contribution in [0.2, 0.25) is 0 Å². The van der Waals surface area contributed by atoms with E-state index in [9.17, 15) is 72.9 Å². The maximum Gasteiger partial charge on any atom is 0.407 e. The smallest absolute Gasteiger partial charge is 0.407 e. The molecule has 1 fully saturated rings. The van der Waals surface area contributed by atoms with Gasteiger partial charge >= 0.3 is 24.4 Å². The van der Waals surface area contributed by atoms with Gasteiger partial charge in [0.05, 0.1) is 12.2 Å². The van der Waals surface area contributed by atoms with Gasteiger partial charge in [0.2, 0.25) is 59.1 Å². The minimum absolute atomic E-state index is 0.0539. The number of nitrogens with two attached hydrogens (primary N) is 1. The number of benzene rings is 1. The van der Waals surface area contributed by atoms with Crippen LogP contribution in [0.25, 0.3) is 0 Å². The zero-order valence-corrected chi connectivity index (χ0v) is 62.8. The number of carbonyl (C=O) groups excluding carboxylic acids is 14. The van der Waals surface area contributed by atoms with Crippen molar-refractivity contribution in [3.05, 3.63) is 35.9 Å². The number of ether oxygens (including phenoxy) is 4. The minimum atomic E-state index is -1.89. The molecule has 14 amide bonds. The number of rotatable bonds is 27. The van der Waals surface area contributed by atoms with Crippen molar-refractivity contribution in [1.82, 2.24) is 74.4 Å². The van der Waals surface area contributed by atoms with Gasteiger partial charge in [-0.1, -0.05) is 44.2 Å². The molecular weight excluding hydrogens is 1360 g/mol. The number of aliphatic hydroxyl groups excluding tert-OH is 3. The lowest BCUT2D eigenvalue weighted by molar-refractivity contribution is -0.138. The monoisotopic (exact) mass is 1480 g/mol. The summed E-state index contributed by atoms with van der Waals surface area (Å²) in [5.74, 6) is -11.3. The van der Waals surface area contributed by atoms with E-state index in [4.69, 9.17) is 24.7 Å². The Kier molecular flexibility index (Phi) is 37.8. The molecule has 36 heteroatoms. The summed E-state index contributed by atoms with van der Waals surface area (Å²) in [5.41, 5.74) is 2.13. The maximum absolute atomic E-state index is 15.1. The van der Waals surface area contributed by atoms with Crippen molar-refractivity contribution in [2.75, 3.05) is 39.3 Å². The number of aliphatic hydroxyl groups is 3. The summed E-state index contributed by atoms with van der Waals surface area (Å²) in [7, 11) is 0. The van der Waals surface area contributed by atoms with Crippen LogP contribution in [0.1, 0.15) is 168 Å². The standard InChI is InChI=1S/C68H115N15O21/c1-37(2)35-46-56(92)78-43(26-32-72-62(98)102-66(8,9)10)51(87)75-41(23-20-30-71-61(97)101-65(5,6)7)55(91)82-49(38(3)84)59(95)70-31-25-42(76-53(89)45(28-34-74-64(100)104-68(14,15)16)79-60(96)50(39(4)85)83-58(94)48(86)24-29-69)52(88)77-44(27-33-73-63(99)103-67(11,12)13)54(90)81-47(57(93)80-46)36-40-21-18-17-19-22-40/h17-19,21-22,37-39,41-50,84-86H,20,23-36,69H2,1-16H3,(H,70,95)(H,71,97)(H,72,98)(H,73,99)(H,74,100)(H,75,87)(H,76,89)(H,77,88)(H,78,92)(H,79,96)(H,80,93)(H,81,90)(H,82,91)(H,83,94)/t38-,39?,41-,42-,43-,44-,45-,46-,47+,48-,49-,50-/m0/s1. The van der Waals surface area contributed by atoms with Crippen molar-refractivity contribution in [3.63, 3.8) is 0 Å². The van der Waals surface area contributed by atoms with E-state index in [0.29, 0.717) is 5.56 Å². The Morgan fingerprint density at radius 1 is 0.500 bits per heavy atom. The zero-order chi connectivity index (χ0) is 79.0. The molecule has 1 aromatic carbocycles. The molecule has 0 aliphatic carbocycles. The van der Waals surface area contributed by atoms with Crippen molar-refractivity contribution in [2.24, 2.45) is 11.7 Å². The molecule has 2 rings (SSSR count). The summed E-state index contributed by atoms with van der Waals surface area (Å²) in [4.78, 5) is 197. The van der Waals surface area contributed by atoms with Crippen molar-refractivity contribution >= 4 is 83.4 Å². The van der Waals surface area contributed by atoms with Crippen LogP contribution in [0, 0.1) is 5.92 Å². The molecule has 12 atom stereocenters. The fourth-order valence-corrected chi connectivity index (χ4v) is 9.76. The second-order valence-corrected chi connectivity index (χ2v) is 29.6. The first-order chi connectivity index (χ1) is 48.2. The molecule has 0 aromatic heterocycles. The fourth-order valence-electron chi connectivity index (χ4n) is 9.76. The van der Waals surface area contributed by atoms with Gasteiger partial charge in [-0.25, -0.2) is 19.2 Å². The van der Waals surface area contributed by atoms with Crippen LogP contribution in [0.5, 0.6) is 0 Å². The van der Waals surface area contributed by atoms with Gasteiger partial charge in [-0.2, -0.15) is 0 Å². The topological polar surface area (TPSA) is 531 Å². The summed E-state index contributed by atoms with van der Waals surface area (Å²) in [5, 5.41) is 67.5. The van der Waals surface area contributed by atoms with E-state index in [1.54, 1.807) is 127 Å². The third-order valence-corrected chi connectivity index (χ3v) is 14.7. The molecule has 0 spiro atoms. The summed E-state index contributed by atoms with van der Waals surface area (Å²) in [6.07, 6.45) is -11.7. The van der Waals surface area contributed by atoms with Gasteiger partial charge in [0, 0.05) is 39.1 Å². The number of nitrogens with one attached hydrogen (secondary N) is 14. The minimum Gasteiger partial charge on any atom is -0.444 e. The molecule has 1 unspecified atom stereocenters. The first-order valence-electron chi connectivity index (χ1n) is 34.8. The molecule has 104 heavy (non-hydrogen) atoms. The summed E-state index contributed by atoms with van der Waals surface area (Å²) < 4.78 is 21.4. The molecule has 1 heterocycles. The number of hydrogen-bond donors (Lipinski definition) is 18. The van der Waals surface area contributed by atoms with Crippen LogP contribution < -0.4 is 80.2 Å². The molecule has 1 aliphatic heterocycles. The lowest BCUT2D eigenvalue weighted by atomic mass is 10.00. The second-order valence-electron chi connectivity index (χ2n) is 29.6. The Hall–Kier alpha value is -9.16. The van der Waals surface area contributed by atoms with E-state index >= 15 is 9.59 Å². The molecule has 0 saturated carbocycles. The molecule has 0 bridgehead atoms. The summed E-state index contributed by atoms with van der Waals surface area (Å²) in [6.45, 7) is 22.9. The molecule has 1 aromatic rings. The van der Waals surface area contributed by atoms with Gasteiger partial charge in [0.15, 0.2) is 0 Å². The van der Waals surface area contributed by atoms with Crippen LogP contribution in [0.15, 0.2) is 30.3 Å². The average molecular weight is 1480 g/mol. The normalized spacial score (nSPS) is 20.9. The molecule has 1 saturated heterocycles. The lowest BCUT2D eigenvalue weighted by Crippen LogP contribution is -2.61. The van der Waals surface area contributed by atoms with E-state index in [1.165, 1.54) is 0 Å². The van der Waals surface area contributed by atoms with Crippen molar-refractivity contribution < 1.29 is 101 Å². The maximum atomic E-state index is 15.1. The molecule has 1 aliphatic rings. The largest absolute Gasteiger partial charge is 0.444 e. The zero-order valence-electron chi connectivity index (χ0n) is 62.8. The fraction of sp³-hybridized carbons (Fsp3) is 0.706. The van der Waals surface area contributed by atoms with Crippen LogP contribution in [-0.4, -0.2) is 233 Å². The second kappa shape index (κ2) is 43.2. The van der Waals surface area contributed by atoms with Gasteiger partial charge in [0.25, 0.3) is 0 Å². The van der Waals surface area contributed by atoms with Crippen LogP contribution in [-0.2, 0) is 73.3 Å². The molecule has 19 N–H and O–H groups in total. The average Bonchev–Trinajstić information content (AvgIpc) is 0.936. The highest BCUT2D eigenvalue weighted by Gasteiger charge is 2.38. The van der Waals surface area contributed by atoms with Gasteiger partial charge in [-0.15, -0.1) is 0 Å². The van der Waals surface area contributed by atoms with Crippen LogP contribution >= 0.6 is 0 Å². The van der Waals surface area contributed by atoms with E-state index in [1.807, 2.05) is 0 Å². The number of carbonyl (C=O) groups is 14. The van der Waals surface area contributed by atoms with E-state index in [0.717, 1.165) is 13.8 Å². The van der Waals surface area contributed by atoms with E-state index in [2.05, 4.69) is 74.4 Å². The lowest BCUT2D eigenvalue weighted by Gasteiger charge is -2.29. The van der Waals surface area contributed by atoms with Gasteiger partial charge in [-0.05, 0) is 166 Å². The van der Waals surface area contributed by atoms with Gasteiger partial charge in [0.1, 0.15) is 82.9 Å². The first kappa shape index (κ1) is 90.9. The predicted molar refractivity (Wildman–Crippen MR) is 378 cm³/mol. The Labute approximate surface area is 607 Å². The Bertz CT molecular complexity index is 3040. The summed E-state index contributed by atoms with van der Waals surface area (Å²) >= 11 is 0. The predicted octanol–water partition coefficient (Wildman–Crippen LogP) is -1.32. The Morgan fingerprint density at radius 3 is 1.38 bits per heavy atom. The van der Waals surface area contributed by atoms with E-state index in [-0.39, 0.29) is 64.1 Å². The van der Waals surface area contributed by atoms with Crippen LogP contribution in [0.4, 0.5) is 19.2 Å². The highest BCUT2D eigenvalue weighted by atomic mass is 16.6. The highest BCUT2D eigenvalue weighted by molar-refractivity contribution is 5.99. The van der Waals surface area contributed by atoms with Gasteiger partial charge < -0.3 is 114 Å². The van der Waals surface area contributed by atoms with Crippen molar-refractivity contribution in [1.29, 1.82) is 0 Å². The number of hydrogen-bond acceptors (Lipinski definition) is 22. The van der Waals surface area contributed by atoms with Gasteiger partial charge in [-0.3, -0.25) is 47.9 Å². The van der Waals surface area contributed by atoms with E-state index < -0.39 is 217 Å². The molecule has 36 nitrogen and oxygen atoms in total. The van der Waals surface area contributed by atoms with Crippen LogP contribution in [0.3, 0.4) is 0 Å². The SMILES string of the molecule is CC(C)C[C@@H]1NC(=O)[C@@H](Cc2ccccc2)NC(=O)[C@H](CCNC(=O)OC(C)(C)C)NC(=O)[C@@H](NC(=O)[C@H](CCNC(=O)OC(C)(C)C)NC(=O)[C@@H](NC(=O)[C@@H](O)CCN)C(C)O)CCNC(=O)[C@H]([C@H](C)O)NC(=O)[C@H](CCCNC(=O)OC(C)(C)C)NC(=O)[C@H](CCNC(=O)OC(C)(C)C)NC1=O. The van der Waals surface area contributed by atoms with Crippen molar-refractivity contribution in [3.8, 4) is 0 Å². The highest BCUT2D eigenvalue weighted by Crippen LogP contribution is 2.15. The molecular formula is C68H115N15O21. The number of amides is 14. The quantitative estimate of drug-likeness (QED) is 0.0359. The third-order valence-electron chi connectivity index (χ3n) is 14.7.